The average molecular weight is 493 g/mol. The molecular formula is C25H20N2O7S. The third-order valence-corrected chi connectivity index (χ3v) is 6.29. The predicted octanol–water partition coefficient (Wildman–Crippen LogP) is 3.26. The van der Waals surface area contributed by atoms with E-state index in [2.05, 4.69) is 4.98 Å². The Morgan fingerprint density at radius 2 is 1.51 bits per heavy atom. The van der Waals surface area contributed by atoms with Gasteiger partial charge in [-0.05, 0) is 52.9 Å². The van der Waals surface area contributed by atoms with E-state index in [0.717, 1.165) is 0 Å². The number of pyridine rings is 1. The second-order valence-electron chi connectivity index (χ2n) is 7.88. The third kappa shape index (κ3) is 5.45. The Balaban J connectivity index is 1.67. The lowest BCUT2D eigenvalue weighted by molar-refractivity contribution is 0.0696. The zero-order valence-corrected chi connectivity index (χ0v) is 19.0. The molecule has 0 radical (unpaired) electrons. The number of carbonyl (C=O) groups is 2. The van der Waals surface area contributed by atoms with Crippen molar-refractivity contribution in [2.24, 2.45) is 0 Å². The Morgan fingerprint density at radius 3 is 2.14 bits per heavy atom. The lowest BCUT2D eigenvalue weighted by Gasteiger charge is -2.19. The fourth-order valence-electron chi connectivity index (χ4n) is 3.65. The van der Waals surface area contributed by atoms with Crippen LogP contribution in [0.4, 0.5) is 0 Å². The van der Waals surface area contributed by atoms with E-state index in [1.807, 2.05) is 0 Å². The van der Waals surface area contributed by atoms with Gasteiger partial charge in [0.15, 0.2) is 0 Å². The standard InChI is InChI=1S/C25H20N2O7S/c28-23-21(12-16-6-8-18(9-7-16)25(30)31)14-20-13-19(10-11-22(20)26-23)24(29)27(35(32,33)34)15-17-4-2-1-3-5-17/h1-11,13-14H,12,15H2,(H,26,28)(H,30,31)(H,32,33,34). The van der Waals surface area contributed by atoms with Crippen LogP contribution in [-0.2, 0) is 23.3 Å². The highest BCUT2D eigenvalue weighted by Gasteiger charge is 2.27. The minimum Gasteiger partial charge on any atom is -0.478 e. The third-order valence-electron chi connectivity index (χ3n) is 5.44. The molecule has 35 heavy (non-hydrogen) atoms. The zero-order chi connectivity index (χ0) is 25.2. The van der Waals surface area contributed by atoms with E-state index in [0.29, 0.717) is 31.9 Å². The van der Waals surface area contributed by atoms with E-state index in [4.69, 9.17) is 5.11 Å². The number of rotatable bonds is 7. The first-order valence-corrected chi connectivity index (χ1v) is 11.8. The van der Waals surface area contributed by atoms with Crippen molar-refractivity contribution in [1.82, 2.24) is 9.29 Å². The second kappa shape index (κ2) is 9.53. The number of carbonyl (C=O) groups excluding carboxylic acids is 1. The number of nitrogens with zero attached hydrogens (tertiary/aromatic N) is 1. The predicted molar refractivity (Wildman–Crippen MR) is 129 cm³/mol. The van der Waals surface area contributed by atoms with Gasteiger partial charge in [0.2, 0.25) is 0 Å². The highest BCUT2D eigenvalue weighted by molar-refractivity contribution is 7.84. The van der Waals surface area contributed by atoms with Gasteiger partial charge in [-0.3, -0.25) is 14.1 Å². The van der Waals surface area contributed by atoms with Crippen LogP contribution >= 0.6 is 0 Å². The monoisotopic (exact) mass is 492 g/mol. The lowest BCUT2D eigenvalue weighted by atomic mass is 10.0. The summed E-state index contributed by atoms with van der Waals surface area (Å²) < 4.78 is 34.0. The van der Waals surface area contributed by atoms with Gasteiger partial charge in [0.25, 0.3) is 11.5 Å². The molecule has 0 atom stereocenters. The molecule has 0 aliphatic rings. The van der Waals surface area contributed by atoms with Gasteiger partial charge in [-0.2, -0.15) is 8.42 Å². The van der Waals surface area contributed by atoms with E-state index in [1.54, 1.807) is 48.5 Å². The molecule has 4 aromatic rings. The highest BCUT2D eigenvalue weighted by Crippen LogP contribution is 2.19. The lowest BCUT2D eigenvalue weighted by Crippen LogP contribution is -2.35. The van der Waals surface area contributed by atoms with Gasteiger partial charge in [0.1, 0.15) is 0 Å². The molecular weight excluding hydrogens is 472 g/mol. The van der Waals surface area contributed by atoms with Gasteiger partial charge in [-0.25, -0.2) is 9.10 Å². The smallest absolute Gasteiger partial charge is 0.362 e. The summed E-state index contributed by atoms with van der Waals surface area (Å²) in [6.45, 7) is -0.347. The molecule has 4 rings (SSSR count). The van der Waals surface area contributed by atoms with Gasteiger partial charge in [0.05, 0.1) is 12.1 Å². The van der Waals surface area contributed by atoms with Crippen LogP contribution in [0.15, 0.2) is 83.7 Å². The molecule has 0 fully saturated rings. The number of hydrogen-bond donors (Lipinski definition) is 3. The van der Waals surface area contributed by atoms with Gasteiger partial charge >= 0.3 is 16.3 Å². The summed E-state index contributed by atoms with van der Waals surface area (Å²) in [5.41, 5.74) is 1.84. The molecule has 3 N–H and O–H groups in total. The van der Waals surface area contributed by atoms with Crippen molar-refractivity contribution in [3.63, 3.8) is 0 Å². The maximum Gasteiger partial charge on any atom is 0.362 e. The topological polar surface area (TPSA) is 145 Å². The minimum atomic E-state index is -4.84. The summed E-state index contributed by atoms with van der Waals surface area (Å²) in [5.74, 6) is -1.97. The van der Waals surface area contributed by atoms with Crippen molar-refractivity contribution in [3.05, 3.63) is 117 Å². The number of aromatic carboxylic acids is 1. The van der Waals surface area contributed by atoms with Crippen molar-refractivity contribution < 1.29 is 27.7 Å². The first-order chi connectivity index (χ1) is 16.6. The summed E-state index contributed by atoms with van der Waals surface area (Å²) in [6, 6.07) is 20.4. The Bertz CT molecular complexity index is 1580. The summed E-state index contributed by atoms with van der Waals surface area (Å²) in [6.07, 6.45) is 0.217. The van der Waals surface area contributed by atoms with Crippen LogP contribution in [0.2, 0.25) is 0 Å². The van der Waals surface area contributed by atoms with Crippen LogP contribution in [-0.4, -0.2) is 39.2 Å². The van der Waals surface area contributed by atoms with E-state index < -0.39 is 22.2 Å². The summed E-state index contributed by atoms with van der Waals surface area (Å²) in [4.78, 5) is 39.3. The van der Waals surface area contributed by atoms with E-state index in [1.165, 1.54) is 30.3 Å². The van der Waals surface area contributed by atoms with E-state index >= 15 is 0 Å². The maximum atomic E-state index is 13.0. The highest BCUT2D eigenvalue weighted by atomic mass is 32.2. The molecule has 10 heteroatoms. The molecule has 1 heterocycles. The van der Waals surface area contributed by atoms with Crippen molar-refractivity contribution in [1.29, 1.82) is 0 Å². The van der Waals surface area contributed by atoms with E-state index in [-0.39, 0.29) is 29.7 Å². The maximum absolute atomic E-state index is 13.0. The van der Waals surface area contributed by atoms with Gasteiger partial charge in [-0.1, -0.05) is 42.5 Å². The number of aromatic amines is 1. The first-order valence-electron chi connectivity index (χ1n) is 10.4. The van der Waals surface area contributed by atoms with Gasteiger partial charge < -0.3 is 10.1 Å². The molecule has 0 aliphatic heterocycles. The van der Waals surface area contributed by atoms with Crippen LogP contribution in [0.3, 0.4) is 0 Å². The average Bonchev–Trinajstić information content (AvgIpc) is 2.82. The molecule has 0 saturated heterocycles. The van der Waals surface area contributed by atoms with E-state index in [9.17, 15) is 27.4 Å². The molecule has 1 amide bonds. The molecule has 0 aliphatic carbocycles. The SMILES string of the molecule is O=C(O)c1ccc(Cc2cc3cc(C(=O)N(Cc4ccccc4)S(=O)(=O)O)ccc3[nH]c2=O)cc1. The number of fused-ring (bicyclic) bond motifs is 1. The Labute approximate surface area is 200 Å². The molecule has 0 spiro atoms. The Hall–Kier alpha value is -4.28. The summed E-state index contributed by atoms with van der Waals surface area (Å²) >= 11 is 0. The van der Waals surface area contributed by atoms with Crippen LogP contribution in [0.25, 0.3) is 10.9 Å². The van der Waals surface area contributed by atoms with Crippen molar-refractivity contribution in [3.8, 4) is 0 Å². The Morgan fingerprint density at radius 1 is 0.857 bits per heavy atom. The normalized spacial score (nSPS) is 11.3. The number of hydrogen-bond acceptors (Lipinski definition) is 5. The fourth-order valence-corrected chi connectivity index (χ4v) is 4.28. The first kappa shape index (κ1) is 23.9. The summed E-state index contributed by atoms with van der Waals surface area (Å²) in [7, 11) is -4.84. The number of aromatic nitrogens is 1. The van der Waals surface area contributed by atoms with Gasteiger partial charge in [0, 0.05) is 23.1 Å². The number of H-pyrrole nitrogens is 1. The van der Waals surface area contributed by atoms with Gasteiger partial charge in [-0.15, -0.1) is 0 Å². The second-order valence-corrected chi connectivity index (χ2v) is 9.22. The number of amides is 1. The van der Waals surface area contributed by atoms with Crippen LogP contribution < -0.4 is 5.56 Å². The number of nitrogens with one attached hydrogen (secondary N) is 1. The van der Waals surface area contributed by atoms with Crippen molar-refractivity contribution >= 4 is 33.1 Å². The zero-order valence-electron chi connectivity index (χ0n) is 18.2. The molecule has 9 nitrogen and oxygen atoms in total. The van der Waals surface area contributed by atoms with Crippen molar-refractivity contribution in [2.45, 2.75) is 13.0 Å². The quantitative estimate of drug-likeness (QED) is 0.336. The van der Waals surface area contributed by atoms with Crippen LogP contribution in [0, 0.1) is 0 Å². The summed E-state index contributed by atoms with van der Waals surface area (Å²) in [5, 5.41) is 9.52. The molecule has 0 unspecified atom stereocenters. The molecule has 0 saturated carbocycles. The largest absolute Gasteiger partial charge is 0.478 e. The van der Waals surface area contributed by atoms with Crippen molar-refractivity contribution in [2.75, 3.05) is 0 Å². The number of benzene rings is 3. The van der Waals surface area contributed by atoms with Crippen LogP contribution in [0.1, 0.15) is 37.4 Å². The molecule has 0 bridgehead atoms. The molecule has 1 aromatic heterocycles. The van der Waals surface area contributed by atoms with Crippen LogP contribution in [0.5, 0.6) is 0 Å². The minimum absolute atomic E-state index is 0.00914. The molecule has 178 valence electrons. The molecule has 3 aromatic carbocycles. The Kier molecular flexibility index (Phi) is 6.50. The fraction of sp³-hybridized carbons (Fsp3) is 0.0800. The number of carboxylic acid groups (broad SMARTS) is 1. The number of carboxylic acids is 1.